The normalized spacial score (nSPS) is 23.1. The molecule has 30 heavy (non-hydrogen) atoms. The number of halogens is 7. The third-order valence-corrected chi connectivity index (χ3v) is 5.96. The molecule has 2 aliphatic rings. The van der Waals surface area contributed by atoms with Crippen molar-refractivity contribution >= 4 is 27.9 Å². The van der Waals surface area contributed by atoms with Crippen LogP contribution >= 0.6 is 15.9 Å². The van der Waals surface area contributed by atoms with Crippen LogP contribution in [0.1, 0.15) is 55.4 Å². The summed E-state index contributed by atoms with van der Waals surface area (Å²) in [5.74, 6) is -0.662. The Bertz CT molecular complexity index is 876. The van der Waals surface area contributed by atoms with Gasteiger partial charge in [-0.15, -0.1) is 0 Å². The minimum Gasteiger partial charge on any atom is -0.439 e. The van der Waals surface area contributed by atoms with Crippen molar-refractivity contribution < 1.29 is 40.7 Å². The smallest absolute Gasteiger partial charge is 0.417 e. The maximum absolute atomic E-state index is 13.1. The molecule has 0 saturated carbocycles. The summed E-state index contributed by atoms with van der Waals surface area (Å²) in [6.07, 6.45) is -10.1. The Kier molecular flexibility index (Phi) is 5.96. The van der Waals surface area contributed by atoms with E-state index in [1.165, 1.54) is 6.92 Å². The van der Waals surface area contributed by atoms with Crippen molar-refractivity contribution in [3.8, 4) is 0 Å². The highest BCUT2D eigenvalue weighted by molar-refractivity contribution is 9.11. The number of ether oxygens (including phenoxy) is 1. The molecule has 0 spiro atoms. The molecule has 11 heteroatoms. The zero-order valence-corrected chi connectivity index (χ0v) is 17.1. The largest absolute Gasteiger partial charge is 0.439 e. The molecule has 2 atom stereocenters. The number of alkyl halides is 6. The molecular formula is C19H16BrF6NO3. The summed E-state index contributed by atoms with van der Waals surface area (Å²) in [6, 6.07) is -0.0806. The number of hydrogen-bond donors (Lipinski definition) is 0. The second-order valence-electron chi connectivity index (χ2n) is 7.15. The molecule has 0 aromatic heterocycles. The Hall–Kier alpha value is -2.04. The van der Waals surface area contributed by atoms with Crippen LogP contribution in [0.3, 0.4) is 0 Å². The average Bonchev–Trinajstić information content (AvgIpc) is 2.94. The Balaban J connectivity index is 1.99. The Labute approximate surface area is 176 Å². The van der Waals surface area contributed by atoms with Crippen molar-refractivity contribution in [1.82, 2.24) is 4.90 Å². The standard InChI is InChI=1S/C19H16BrF6NO3/c1-9-15(10-6-11(18(21,22)23)8-12(7-10)19(24,25)26)30-17(29)27(9)16(28)13-4-2-3-5-14(13)20/h6-9,15H,2-5H2,1H3/t9-,15-/m0/s1. The number of carbonyl (C=O) groups is 2. The van der Waals surface area contributed by atoms with Crippen LogP contribution in [0.25, 0.3) is 0 Å². The Morgan fingerprint density at radius 3 is 2.07 bits per heavy atom. The summed E-state index contributed by atoms with van der Waals surface area (Å²) in [7, 11) is 0. The quantitative estimate of drug-likeness (QED) is 0.445. The van der Waals surface area contributed by atoms with Crippen LogP contribution in [-0.2, 0) is 21.9 Å². The summed E-state index contributed by atoms with van der Waals surface area (Å²) < 4.78 is 84.5. The monoisotopic (exact) mass is 499 g/mol. The first-order valence-corrected chi connectivity index (χ1v) is 9.81. The van der Waals surface area contributed by atoms with Crippen molar-refractivity contribution in [2.45, 2.75) is 57.1 Å². The summed E-state index contributed by atoms with van der Waals surface area (Å²) in [5, 5.41) is 0. The molecule has 1 aliphatic heterocycles. The summed E-state index contributed by atoms with van der Waals surface area (Å²) >= 11 is 3.30. The molecule has 0 radical (unpaired) electrons. The van der Waals surface area contributed by atoms with E-state index in [1.54, 1.807) is 0 Å². The number of benzene rings is 1. The van der Waals surface area contributed by atoms with Crippen LogP contribution in [-0.4, -0.2) is 22.9 Å². The molecule has 164 valence electrons. The highest BCUT2D eigenvalue weighted by Gasteiger charge is 2.46. The van der Waals surface area contributed by atoms with Crippen molar-refractivity contribution in [3.63, 3.8) is 0 Å². The van der Waals surface area contributed by atoms with Gasteiger partial charge >= 0.3 is 18.4 Å². The molecular weight excluding hydrogens is 484 g/mol. The number of imide groups is 1. The van der Waals surface area contributed by atoms with Gasteiger partial charge in [0.25, 0.3) is 5.91 Å². The average molecular weight is 500 g/mol. The van der Waals surface area contributed by atoms with Crippen molar-refractivity contribution in [3.05, 3.63) is 44.9 Å². The minimum atomic E-state index is -5.03. The van der Waals surface area contributed by atoms with E-state index >= 15 is 0 Å². The molecule has 1 aliphatic carbocycles. The van der Waals surface area contributed by atoms with Gasteiger partial charge in [0.2, 0.25) is 0 Å². The molecule has 1 fully saturated rings. The van der Waals surface area contributed by atoms with Crippen LogP contribution in [0.2, 0.25) is 0 Å². The second kappa shape index (κ2) is 7.90. The van der Waals surface area contributed by atoms with Gasteiger partial charge in [-0.2, -0.15) is 26.3 Å². The van der Waals surface area contributed by atoms with E-state index in [0.717, 1.165) is 17.7 Å². The highest BCUT2D eigenvalue weighted by atomic mass is 79.9. The maximum atomic E-state index is 13.1. The molecule has 0 N–H and O–H groups in total. The number of hydrogen-bond acceptors (Lipinski definition) is 3. The first-order chi connectivity index (χ1) is 13.8. The van der Waals surface area contributed by atoms with Gasteiger partial charge in [-0.3, -0.25) is 4.79 Å². The van der Waals surface area contributed by atoms with E-state index in [2.05, 4.69) is 15.9 Å². The zero-order valence-electron chi connectivity index (χ0n) is 15.5. The minimum absolute atomic E-state index is 0.00217. The summed E-state index contributed by atoms with van der Waals surface area (Å²) in [4.78, 5) is 25.9. The van der Waals surface area contributed by atoms with Gasteiger partial charge in [-0.25, -0.2) is 9.69 Å². The lowest BCUT2D eigenvalue weighted by Crippen LogP contribution is -2.39. The zero-order chi connectivity index (χ0) is 22.4. The predicted molar refractivity (Wildman–Crippen MR) is 96.4 cm³/mol. The molecule has 3 rings (SSSR count). The van der Waals surface area contributed by atoms with E-state index in [4.69, 9.17) is 4.74 Å². The van der Waals surface area contributed by atoms with Gasteiger partial charge in [0.1, 0.15) is 6.10 Å². The van der Waals surface area contributed by atoms with Crippen LogP contribution in [0.4, 0.5) is 31.1 Å². The van der Waals surface area contributed by atoms with Crippen LogP contribution in [0.15, 0.2) is 28.3 Å². The van der Waals surface area contributed by atoms with Gasteiger partial charge in [0.15, 0.2) is 0 Å². The molecule has 4 nitrogen and oxygen atoms in total. The molecule has 1 aromatic rings. The molecule has 0 unspecified atom stereocenters. The predicted octanol–water partition coefficient (Wildman–Crippen LogP) is 6.36. The van der Waals surface area contributed by atoms with Gasteiger partial charge in [0, 0.05) is 10.1 Å². The summed E-state index contributed by atoms with van der Waals surface area (Å²) in [5.41, 5.74) is -3.16. The number of carbonyl (C=O) groups excluding carboxylic acids is 2. The van der Waals surface area contributed by atoms with E-state index < -0.39 is 53.2 Å². The van der Waals surface area contributed by atoms with Gasteiger partial charge in [-0.05, 0) is 56.4 Å². The molecule has 1 heterocycles. The van der Waals surface area contributed by atoms with Crippen molar-refractivity contribution in [2.75, 3.05) is 0 Å². The lowest BCUT2D eigenvalue weighted by Gasteiger charge is -2.24. The van der Waals surface area contributed by atoms with E-state index in [9.17, 15) is 35.9 Å². The third kappa shape index (κ3) is 4.35. The number of allylic oxidation sites excluding steroid dienone is 1. The van der Waals surface area contributed by atoms with E-state index in [0.29, 0.717) is 35.0 Å². The lowest BCUT2D eigenvalue weighted by molar-refractivity contribution is -0.143. The number of amides is 2. The van der Waals surface area contributed by atoms with Crippen LogP contribution in [0, 0.1) is 0 Å². The fourth-order valence-electron chi connectivity index (χ4n) is 3.56. The van der Waals surface area contributed by atoms with E-state index in [1.807, 2.05) is 0 Å². The maximum Gasteiger partial charge on any atom is 0.417 e. The third-order valence-electron chi connectivity index (χ3n) is 5.09. The second-order valence-corrected chi connectivity index (χ2v) is 8.11. The van der Waals surface area contributed by atoms with Crippen LogP contribution < -0.4 is 0 Å². The lowest BCUT2D eigenvalue weighted by atomic mass is 9.95. The van der Waals surface area contributed by atoms with Crippen molar-refractivity contribution in [1.29, 1.82) is 0 Å². The van der Waals surface area contributed by atoms with E-state index in [-0.39, 0.29) is 6.07 Å². The fraction of sp³-hybridized carbons (Fsp3) is 0.474. The topological polar surface area (TPSA) is 46.6 Å². The highest BCUT2D eigenvalue weighted by Crippen LogP contribution is 2.41. The van der Waals surface area contributed by atoms with Gasteiger partial charge in [-0.1, -0.05) is 15.9 Å². The van der Waals surface area contributed by atoms with Crippen molar-refractivity contribution in [2.24, 2.45) is 0 Å². The summed E-state index contributed by atoms with van der Waals surface area (Å²) in [6.45, 7) is 1.35. The molecule has 2 amide bonds. The van der Waals surface area contributed by atoms with Gasteiger partial charge < -0.3 is 4.74 Å². The first-order valence-electron chi connectivity index (χ1n) is 9.01. The molecule has 1 saturated heterocycles. The SMILES string of the molecule is C[C@H]1[C@@H](c2cc(C(F)(F)F)cc(C(F)(F)F)c2)OC(=O)N1C(=O)C1=C(Br)CCCC1. The fourth-order valence-corrected chi connectivity index (χ4v) is 4.21. The Morgan fingerprint density at radius 1 is 1.03 bits per heavy atom. The molecule has 1 aromatic carbocycles. The number of rotatable bonds is 2. The number of nitrogens with zero attached hydrogens (tertiary/aromatic N) is 1. The van der Waals surface area contributed by atoms with Crippen LogP contribution in [0.5, 0.6) is 0 Å². The Morgan fingerprint density at radius 2 is 1.57 bits per heavy atom. The van der Waals surface area contributed by atoms with Gasteiger partial charge in [0.05, 0.1) is 17.2 Å². The first kappa shape index (κ1) is 22.6. The number of cyclic esters (lactones) is 1. The molecule has 0 bridgehead atoms.